The van der Waals surface area contributed by atoms with E-state index >= 15 is 0 Å². The van der Waals surface area contributed by atoms with Crippen LogP contribution in [0.3, 0.4) is 0 Å². The zero-order valence-electron chi connectivity index (χ0n) is 17.4. The summed E-state index contributed by atoms with van der Waals surface area (Å²) in [6, 6.07) is 0. The number of hydrogen-bond acceptors (Lipinski definition) is 7. The van der Waals surface area contributed by atoms with E-state index < -0.39 is 50.0 Å². The average Bonchev–Trinajstić information content (AvgIpc) is 3.01. The molecule has 8 nitrogen and oxygen atoms in total. The standard InChI is InChI=1S/C10H20N2.C4F9O6S3/c1-3-4-5-6-7-12-9-8-11(2)10-12;5-2(6,7)20(14,15)1(21(16,17)3(8,9)10)22(18,19)4(11,12)13/h8-9H,3-7,10H2,1-2H3;/q;-1/p+1. The van der Waals surface area contributed by atoms with Crippen LogP contribution >= 0.6 is 0 Å². The number of sulfone groups is 3. The molecular formula is C14H21F9N2O6S3. The van der Waals surface area contributed by atoms with Gasteiger partial charge in [-0.3, -0.25) is 30.2 Å². The molecule has 1 heterocycles. The van der Waals surface area contributed by atoms with E-state index in [1.165, 1.54) is 32.2 Å². The van der Waals surface area contributed by atoms with Crippen LogP contribution < -0.4 is 4.90 Å². The zero-order valence-corrected chi connectivity index (χ0v) is 19.9. The Labute approximate surface area is 190 Å². The van der Waals surface area contributed by atoms with Crippen molar-refractivity contribution in [1.82, 2.24) is 4.90 Å². The molecular weight excluding hydrogens is 559 g/mol. The lowest BCUT2D eigenvalue weighted by atomic mass is 10.2. The van der Waals surface area contributed by atoms with Gasteiger partial charge in [-0.1, -0.05) is 19.8 Å². The molecule has 0 aromatic carbocycles. The molecule has 1 unspecified atom stereocenters. The minimum atomic E-state index is -8.02. The lowest BCUT2D eigenvalue weighted by Gasteiger charge is -2.31. The smallest absolute Gasteiger partial charge is 0.329 e. The maximum Gasteiger partial charge on any atom is 0.470 e. The highest BCUT2D eigenvalue weighted by Crippen LogP contribution is 2.47. The molecule has 1 aliphatic heterocycles. The van der Waals surface area contributed by atoms with E-state index in [2.05, 4.69) is 31.3 Å². The number of quaternary nitrogens is 1. The SMILES string of the molecule is CCCCCC[NH+]1C=CN(C)C1.O=S(=O)([C-](S(=O)(=O)C(F)(F)F)S(=O)(=O)C(F)(F)F)C(F)(F)F. The van der Waals surface area contributed by atoms with Crippen LogP contribution in [0.2, 0.25) is 0 Å². The minimum absolute atomic E-state index is 1.16. The molecule has 0 bridgehead atoms. The number of nitrogens with one attached hydrogen (secondary N) is 1. The third-order valence-corrected chi connectivity index (χ3v) is 11.0. The van der Waals surface area contributed by atoms with Crippen molar-refractivity contribution in [2.45, 2.75) is 49.1 Å². The number of hydrogen-bond donors (Lipinski definition) is 1. The van der Waals surface area contributed by atoms with Gasteiger partial charge in [-0.25, -0.2) is 0 Å². The van der Waals surface area contributed by atoms with Crippen molar-refractivity contribution in [3.8, 4) is 0 Å². The molecule has 0 aromatic heterocycles. The molecule has 0 amide bonds. The van der Waals surface area contributed by atoms with Crippen LogP contribution in [0.4, 0.5) is 39.5 Å². The molecule has 1 rings (SSSR count). The van der Waals surface area contributed by atoms with Gasteiger partial charge >= 0.3 is 16.5 Å². The van der Waals surface area contributed by atoms with Crippen molar-refractivity contribution in [3.05, 3.63) is 16.3 Å². The molecule has 0 aliphatic carbocycles. The second-order valence-corrected chi connectivity index (χ2v) is 13.2. The maximum atomic E-state index is 12.0. The van der Waals surface area contributed by atoms with Crippen molar-refractivity contribution in [2.75, 3.05) is 20.3 Å². The van der Waals surface area contributed by atoms with Crippen molar-refractivity contribution >= 4 is 29.5 Å². The van der Waals surface area contributed by atoms with Crippen molar-refractivity contribution in [2.24, 2.45) is 0 Å². The van der Waals surface area contributed by atoms with Crippen molar-refractivity contribution < 1.29 is 69.7 Å². The lowest BCUT2D eigenvalue weighted by molar-refractivity contribution is -0.848. The Morgan fingerprint density at radius 1 is 0.765 bits per heavy atom. The first-order valence-electron chi connectivity index (χ1n) is 8.98. The fourth-order valence-electron chi connectivity index (χ4n) is 2.32. The highest BCUT2D eigenvalue weighted by atomic mass is 32.3. The van der Waals surface area contributed by atoms with Gasteiger partial charge in [0, 0.05) is 7.05 Å². The van der Waals surface area contributed by atoms with Crippen molar-refractivity contribution in [3.63, 3.8) is 0 Å². The summed E-state index contributed by atoms with van der Waals surface area (Å²) in [5.74, 6) is 0. The van der Waals surface area contributed by atoms with E-state index in [1.54, 1.807) is 4.90 Å². The van der Waals surface area contributed by atoms with Gasteiger partial charge in [0.05, 0.1) is 16.7 Å². The summed E-state index contributed by atoms with van der Waals surface area (Å²) < 4.78 is 167. The number of unbranched alkanes of at least 4 members (excludes halogenated alkanes) is 3. The van der Waals surface area contributed by atoms with Gasteiger partial charge in [-0.2, -0.15) is 39.5 Å². The Morgan fingerprint density at radius 3 is 1.41 bits per heavy atom. The number of alkyl halides is 9. The molecule has 34 heavy (non-hydrogen) atoms. The number of nitrogens with zero attached hydrogens (tertiary/aromatic N) is 1. The Bertz CT molecular complexity index is 912. The second kappa shape index (κ2) is 11.2. The van der Waals surface area contributed by atoms with Crippen LogP contribution in [0.15, 0.2) is 12.4 Å². The van der Waals surface area contributed by atoms with E-state index in [4.69, 9.17) is 0 Å². The molecule has 0 saturated heterocycles. The normalized spacial score (nSPS) is 18.2. The summed E-state index contributed by atoms with van der Waals surface area (Å²) in [6.07, 6.45) is 9.96. The quantitative estimate of drug-likeness (QED) is 0.266. The minimum Gasteiger partial charge on any atom is -0.329 e. The summed E-state index contributed by atoms with van der Waals surface area (Å²) in [5.41, 5.74) is -21.2. The van der Waals surface area contributed by atoms with Crippen LogP contribution in [0.25, 0.3) is 0 Å². The highest BCUT2D eigenvalue weighted by molar-refractivity contribution is 8.29. The van der Waals surface area contributed by atoms with Gasteiger partial charge in [0.15, 0.2) is 36.2 Å². The molecule has 0 radical (unpaired) electrons. The summed E-state index contributed by atoms with van der Waals surface area (Å²) >= 11 is 0. The first kappa shape index (κ1) is 32.7. The van der Waals surface area contributed by atoms with Gasteiger partial charge in [0.25, 0.3) is 0 Å². The predicted octanol–water partition coefficient (Wildman–Crippen LogP) is 2.06. The van der Waals surface area contributed by atoms with Crippen LogP contribution in [-0.4, -0.2) is 66.9 Å². The van der Waals surface area contributed by atoms with Crippen LogP contribution in [-0.2, 0) is 29.5 Å². The Kier molecular flexibility index (Phi) is 10.8. The molecule has 1 atom stereocenters. The van der Waals surface area contributed by atoms with Gasteiger partial charge in [-0.15, -0.1) is 0 Å². The van der Waals surface area contributed by atoms with Gasteiger partial charge in [0.1, 0.15) is 6.20 Å². The predicted molar refractivity (Wildman–Crippen MR) is 99.9 cm³/mol. The Balaban J connectivity index is 0.000000757. The monoisotopic (exact) mass is 580 g/mol. The first-order valence-corrected chi connectivity index (χ1v) is 13.4. The molecule has 204 valence electrons. The second-order valence-electron chi connectivity index (χ2n) is 6.80. The van der Waals surface area contributed by atoms with E-state index in [-0.39, 0.29) is 0 Å². The van der Waals surface area contributed by atoms with Crippen LogP contribution in [0.1, 0.15) is 32.6 Å². The molecule has 20 heteroatoms. The topological polar surface area (TPSA) is 110 Å². The van der Waals surface area contributed by atoms with Crippen LogP contribution in [0, 0.1) is 3.91 Å². The molecule has 1 aliphatic rings. The summed E-state index contributed by atoms with van der Waals surface area (Å²) in [5, 5.41) is 0. The third kappa shape index (κ3) is 7.87. The third-order valence-electron chi connectivity index (χ3n) is 3.94. The molecule has 0 spiro atoms. The fraction of sp³-hybridized carbons (Fsp3) is 0.786. The number of rotatable bonds is 8. The van der Waals surface area contributed by atoms with Gasteiger partial charge in [-0.05, 0) is 12.8 Å². The largest absolute Gasteiger partial charge is 0.470 e. The lowest BCUT2D eigenvalue weighted by Crippen LogP contribution is -3.07. The molecule has 0 fully saturated rings. The summed E-state index contributed by atoms with van der Waals surface area (Å²) in [4.78, 5) is 3.85. The van der Waals surface area contributed by atoms with E-state index in [1.807, 2.05) is 0 Å². The van der Waals surface area contributed by atoms with Gasteiger partial charge < -0.3 is 4.90 Å². The van der Waals surface area contributed by atoms with E-state index in [9.17, 15) is 64.8 Å². The van der Waals surface area contributed by atoms with E-state index in [0.29, 0.717) is 0 Å². The molecule has 0 aromatic rings. The average molecular weight is 581 g/mol. The first-order chi connectivity index (χ1) is 14.9. The van der Waals surface area contributed by atoms with Crippen LogP contribution in [0.5, 0.6) is 0 Å². The maximum absolute atomic E-state index is 12.0. The fourth-order valence-corrected chi connectivity index (χ4v) is 8.05. The highest BCUT2D eigenvalue weighted by Gasteiger charge is 2.63. The summed E-state index contributed by atoms with van der Waals surface area (Å²) in [6.45, 7) is 4.73. The zero-order chi connectivity index (χ0) is 27.4. The van der Waals surface area contributed by atoms with Gasteiger partial charge in [0.2, 0.25) is 0 Å². The van der Waals surface area contributed by atoms with Crippen molar-refractivity contribution in [1.29, 1.82) is 0 Å². The Morgan fingerprint density at radius 2 is 1.15 bits per heavy atom. The number of halogens is 9. The molecule has 1 N–H and O–H groups in total. The van der Waals surface area contributed by atoms with E-state index in [0.717, 1.165) is 6.67 Å². The molecule has 0 saturated carbocycles. The Hall–Kier alpha value is -1.28. The summed E-state index contributed by atoms with van der Waals surface area (Å²) in [7, 11) is -21.9.